The normalized spacial score (nSPS) is 11.6. The third-order valence-corrected chi connectivity index (χ3v) is 1.56. The Morgan fingerprint density at radius 2 is 2.54 bits per heavy atom. The standard InChI is InChI=1S/C7H9N3O2S/c8-7(10-11)5-1-2-9-6(3-5)4-12-13/h1-3,11,13H,4H2,(H2,8,10). The van der Waals surface area contributed by atoms with Crippen molar-refractivity contribution in [2.45, 2.75) is 6.61 Å². The van der Waals surface area contributed by atoms with E-state index in [2.05, 4.69) is 27.2 Å². The molecule has 0 radical (unpaired) electrons. The van der Waals surface area contributed by atoms with Gasteiger partial charge in [0.1, 0.15) is 6.61 Å². The molecule has 0 fully saturated rings. The van der Waals surface area contributed by atoms with Crippen molar-refractivity contribution < 1.29 is 9.39 Å². The Hall–Kier alpha value is -1.27. The highest BCUT2D eigenvalue weighted by atomic mass is 32.1. The second-order valence-corrected chi connectivity index (χ2v) is 2.55. The van der Waals surface area contributed by atoms with Gasteiger partial charge in [-0.05, 0) is 25.0 Å². The van der Waals surface area contributed by atoms with E-state index in [-0.39, 0.29) is 12.4 Å². The fourth-order valence-electron chi connectivity index (χ4n) is 0.840. The molecule has 0 aromatic carbocycles. The van der Waals surface area contributed by atoms with Crippen LogP contribution in [-0.4, -0.2) is 16.0 Å². The molecular weight excluding hydrogens is 190 g/mol. The van der Waals surface area contributed by atoms with E-state index in [9.17, 15) is 0 Å². The fourth-order valence-corrected chi connectivity index (χ4v) is 0.973. The molecule has 70 valence electrons. The Morgan fingerprint density at radius 3 is 3.15 bits per heavy atom. The summed E-state index contributed by atoms with van der Waals surface area (Å²) in [5.74, 6) is 0.0443. The van der Waals surface area contributed by atoms with Gasteiger partial charge in [0.05, 0.1) is 5.69 Å². The van der Waals surface area contributed by atoms with Crippen molar-refractivity contribution in [2.75, 3.05) is 0 Å². The molecule has 0 aliphatic heterocycles. The van der Waals surface area contributed by atoms with Gasteiger partial charge in [-0.25, -0.2) is 0 Å². The number of thiol groups is 1. The smallest absolute Gasteiger partial charge is 0.170 e. The zero-order valence-electron chi connectivity index (χ0n) is 6.71. The Morgan fingerprint density at radius 1 is 1.77 bits per heavy atom. The number of rotatable bonds is 3. The first-order valence-electron chi connectivity index (χ1n) is 3.47. The molecule has 0 saturated carbocycles. The monoisotopic (exact) mass is 199 g/mol. The van der Waals surface area contributed by atoms with Gasteiger partial charge in [-0.15, -0.1) is 0 Å². The average Bonchev–Trinajstić information content (AvgIpc) is 2.18. The molecule has 6 heteroatoms. The van der Waals surface area contributed by atoms with Crippen molar-refractivity contribution in [2.24, 2.45) is 10.9 Å². The molecule has 0 aliphatic carbocycles. The first-order valence-corrected chi connectivity index (χ1v) is 3.83. The van der Waals surface area contributed by atoms with Gasteiger partial charge in [0.15, 0.2) is 5.84 Å². The van der Waals surface area contributed by atoms with E-state index < -0.39 is 0 Å². The minimum absolute atomic E-state index is 0.0443. The van der Waals surface area contributed by atoms with Crippen LogP contribution in [0.5, 0.6) is 0 Å². The molecule has 0 saturated heterocycles. The number of amidine groups is 1. The maximum absolute atomic E-state index is 8.41. The minimum Gasteiger partial charge on any atom is -0.409 e. The van der Waals surface area contributed by atoms with Crippen molar-refractivity contribution in [3.63, 3.8) is 0 Å². The Bertz CT molecular complexity index is 316. The molecule has 3 N–H and O–H groups in total. The fraction of sp³-hybridized carbons (Fsp3) is 0.143. The van der Waals surface area contributed by atoms with Crippen LogP contribution in [0.1, 0.15) is 11.3 Å². The predicted molar refractivity (Wildman–Crippen MR) is 50.5 cm³/mol. The first-order chi connectivity index (χ1) is 6.27. The van der Waals surface area contributed by atoms with E-state index in [1.54, 1.807) is 18.3 Å². The Labute approximate surface area is 80.8 Å². The number of hydrogen-bond acceptors (Lipinski definition) is 5. The van der Waals surface area contributed by atoms with Crippen LogP contribution < -0.4 is 5.73 Å². The van der Waals surface area contributed by atoms with Gasteiger partial charge in [-0.2, -0.15) is 0 Å². The van der Waals surface area contributed by atoms with Crippen molar-refractivity contribution in [1.82, 2.24) is 4.98 Å². The highest BCUT2D eigenvalue weighted by Crippen LogP contribution is 2.03. The number of hydrogen-bond donors (Lipinski definition) is 3. The summed E-state index contributed by atoms with van der Waals surface area (Å²) in [6.07, 6.45) is 1.55. The number of nitrogens with two attached hydrogens (primary N) is 1. The lowest BCUT2D eigenvalue weighted by atomic mass is 10.2. The molecule has 1 aromatic rings. The van der Waals surface area contributed by atoms with E-state index in [1.165, 1.54) is 0 Å². The summed E-state index contributed by atoms with van der Waals surface area (Å²) in [6, 6.07) is 3.29. The summed E-state index contributed by atoms with van der Waals surface area (Å²) in [5, 5.41) is 11.3. The molecule has 0 atom stereocenters. The molecule has 1 aromatic heterocycles. The van der Waals surface area contributed by atoms with Gasteiger partial charge >= 0.3 is 0 Å². The molecule has 0 aliphatic rings. The largest absolute Gasteiger partial charge is 0.409 e. The number of nitrogens with zero attached hydrogens (tertiary/aromatic N) is 2. The van der Waals surface area contributed by atoms with Gasteiger partial charge in [-0.3, -0.25) is 4.98 Å². The van der Waals surface area contributed by atoms with E-state index in [0.29, 0.717) is 11.3 Å². The Balaban J connectivity index is 2.91. The zero-order valence-corrected chi connectivity index (χ0v) is 7.61. The maximum atomic E-state index is 8.41. The van der Waals surface area contributed by atoms with Gasteiger partial charge in [0.25, 0.3) is 0 Å². The summed E-state index contributed by atoms with van der Waals surface area (Å²) in [7, 11) is 0. The van der Waals surface area contributed by atoms with Crippen LogP contribution in [0.25, 0.3) is 0 Å². The summed E-state index contributed by atoms with van der Waals surface area (Å²) in [5.41, 5.74) is 6.63. The van der Waals surface area contributed by atoms with Crippen LogP contribution in [0.4, 0.5) is 0 Å². The topological polar surface area (TPSA) is 80.7 Å². The van der Waals surface area contributed by atoms with Crippen LogP contribution in [-0.2, 0) is 10.8 Å². The molecule has 0 bridgehead atoms. The van der Waals surface area contributed by atoms with Gasteiger partial charge in [0, 0.05) is 11.8 Å². The maximum Gasteiger partial charge on any atom is 0.170 e. The summed E-state index contributed by atoms with van der Waals surface area (Å²) >= 11 is 3.59. The van der Waals surface area contributed by atoms with Crippen molar-refractivity contribution in [3.8, 4) is 0 Å². The quantitative estimate of drug-likeness (QED) is 0.166. The zero-order chi connectivity index (χ0) is 9.68. The molecule has 1 rings (SSSR count). The van der Waals surface area contributed by atoms with Gasteiger partial charge in [-0.1, -0.05) is 5.16 Å². The van der Waals surface area contributed by atoms with E-state index in [0.717, 1.165) is 0 Å². The van der Waals surface area contributed by atoms with E-state index >= 15 is 0 Å². The van der Waals surface area contributed by atoms with E-state index in [4.69, 9.17) is 10.9 Å². The minimum atomic E-state index is 0.0443. The summed E-state index contributed by atoms with van der Waals surface area (Å²) < 4.78 is 4.59. The lowest BCUT2D eigenvalue weighted by Gasteiger charge is -2.00. The third kappa shape index (κ3) is 2.60. The third-order valence-electron chi connectivity index (χ3n) is 1.43. The Kier molecular flexibility index (Phi) is 3.53. The summed E-state index contributed by atoms with van der Waals surface area (Å²) in [6.45, 7) is 0.273. The molecule has 5 nitrogen and oxygen atoms in total. The van der Waals surface area contributed by atoms with Crippen LogP contribution in [0.15, 0.2) is 23.5 Å². The van der Waals surface area contributed by atoms with E-state index in [1.807, 2.05) is 0 Å². The highest BCUT2D eigenvalue weighted by Gasteiger charge is 2.00. The highest BCUT2D eigenvalue weighted by molar-refractivity contribution is 7.75. The second kappa shape index (κ2) is 4.68. The lowest BCUT2D eigenvalue weighted by Crippen LogP contribution is -2.13. The molecule has 0 amide bonds. The lowest BCUT2D eigenvalue weighted by molar-refractivity contribution is 0.318. The number of aromatic nitrogens is 1. The van der Waals surface area contributed by atoms with Crippen LogP contribution in [0.2, 0.25) is 0 Å². The van der Waals surface area contributed by atoms with Crippen molar-refractivity contribution in [3.05, 3.63) is 29.6 Å². The van der Waals surface area contributed by atoms with Crippen molar-refractivity contribution >= 4 is 18.7 Å². The number of oxime groups is 1. The summed E-state index contributed by atoms with van der Waals surface area (Å²) in [4.78, 5) is 3.98. The molecule has 1 heterocycles. The second-order valence-electron chi connectivity index (χ2n) is 2.29. The SMILES string of the molecule is NC(=NO)c1ccnc(COS)c1. The van der Waals surface area contributed by atoms with Gasteiger partial charge in [0.2, 0.25) is 0 Å². The number of pyridine rings is 1. The van der Waals surface area contributed by atoms with Crippen LogP contribution in [0, 0.1) is 0 Å². The van der Waals surface area contributed by atoms with Crippen LogP contribution >= 0.6 is 12.9 Å². The van der Waals surface area contributed by atoms with Crippen LogP contribution in [0.3, 0.4) is 0 Å². The molecule has 0 unspecified atom stereocenters. The molecular formula is C7H9N3O2S. The first kappa shape index (κ1) is 9.82. The average molecular weight is 199 g/mol. The molecule has 0 spiro atoms. The van der Waals surface area contributed by atoms with Gasteiger partial charge < -0.3 is 15.1 Å². The molecule has 13 heavy (non-hydrogen) atoms. The van der Waals surface area contributed by atoms with Crippen molar-refractivity contribution in [1.29, 1.82) is 0 Å². The predicted octanol–water partition coefficient (Wildman–Crippen LogP) is 0.537.